The molecule has 1 fully saturated rings. The number of nitrogens with zero attached hydrogens (tertiary/aromatic N) is 2. The minimum atomic E-state index is -0.340. The van der Waals surface area contributed by atoms with E-state index in [1.54, 1.807) is 19.3 Å². The number of nitrogens with one attached hydrogen (secondary N) is 1. The summed E-state index contributed by atoms with van der Waals surface area (Å²) in [5, 5.41) is 2.97. The lowest BCUT2D eigenvalue weighted by molar-refractivity contribution is -0.144. The van der Waals surface area contributed by atoms with Crippen molar-refractivity contribution in [3.05, 3.63) is 12.4 Å². The molecule has 0 bridgehead atoms. The molecule has 1 aromatic heterocycles. The first kappa shape index (κ1) is 19.0. The van der Waals surface area contributed by atoms with Crippen LogP contribution in [0.25, 0.3) is 0 Å². The third-order valence-corrected chi connectivity index (χ3v) is 4.01. The molecule has 1 N–H and O–H groups in total. The molecule has 8 heteroatoms. The minimum absolute atomic E-state index is 0.0262. The van der Waals surface area contributed by atoms with Gasteiger partial charge in [-0.2, -0.15) is 0 Å². The summed E-state index contributed by atoms with van der Waals surface area (Å²) in [6.07, 6.45) is 6.67. The van der Waals surface area contributed by atoms with E-state index in [4.69, 9.17) is 14.2 Å². The maximum absolute atomic E-state index is 11.9. The standard InChI is InChI=1S/C17H25N3O5/c1-3-24-15(22)9-8-14(21)20-12-4-6-13(7-5-12)25-17-16(23-2)18-10-11-19-17/h10-13H,3-9H2,1-2H3,(H,20,21). The molecule has 1 saturated carbocycles. The highest BCUT2D eigenvalue weighted by Crippen LogP contribution is 2.27. The Morgan fingerprint density at radius 3 is 2.44 bits per heavy atom. The van der Waals surface area contributed by atoms with Gasteiger partial charge in [0.05, 0.1) is 20.1 Å². The second kappa shape index (κ2) is 9.80. The Bertz CT molecular complexity index is 573. The van der Waals surface area contributed by atoms with Crippen molar-refractivity contribution in [3.8, 4) is 11.8 Å². The Balaban J connectivity index is 1.70. The van der Waals surface area contributed by atoms with Crippen LogP contribution in [0.15, 0.2) is 12.4 Å². The summed E-state index contributed by atoms with van der Waals surface area (Å²) in [6.45, 7) is 2.08. The van der Waals surface area contributed by atoms with Gasteiger partial charge in [-0.1, -0.05) is 0 Å². The largest absolute Gasteiger partial charge is 0.477 e. The highest BCUT2D eigenvalue weighted by molar-refractivity contribution is 5.81. The average Bonchev–Trinajstić information content (AvgIpc) is 2.62. The SMILES string of the molecule is CCOC(=O)CCC(=O)NC1CCC(Oc2nccnc2OC)CC1. The monoisotopic (exact) mass is 351 g/mol. The first-order valence-corrected chi connectivity index (χ1v) is 8.59. The number of rotatable bonds is 8. The smallest absolute Gasteiger partial charge is 0.306 e. The molecule has 25 heavy (non-hydrogen) atoms. The molecule has 0 aromatic carbocycles. The van der Waals surface area contributed by atoms with Gasteiger partial charge in [0, 0.05) is 24.9 Å². The Morgan fingerprint density at radius 2 is 1.80 bits per heavy atom. The number of hydrogen-bond acceptors (Lipinski definition) is 7. The van der Waals surface area contributed by atoms with Crippen molar-refractivity contribution < 1.29 is 23.8 Å². The molecule has 1 aliphatic rings. The fourth-order valence-corrected chi connectivity index (χ4v) is 2.76. The van der Waals surface area contributed by atoms with Crippen LogP contribution >= 0.6 is 0 Å². The number of ether oxygens (including phenoxy) is 3. The molecule has 0 spiro atoms. The third kappa shape index (κ3) is 6.21. The lowest BCUT2D eigenvalue weighted by Gasteiger charge is -2.29. The van der Waals surface area contributed by atoms with Crippen molar-refractivity contribution >= 4 is 11.9 Å². The van der Waals surface area contributed by atoms with Crippen molar-refractivity contribution in [2.75, 3.05) is 13.7 Å². The van der Waals surface area contributed by atoms with Gasteiger partial charge in [-0.25, -0.2) is 9.97 Å². The molecule has 1 amide bonds. The van der Waals surface area contributed by atoms with E-state index in [-0.39, 0.29) is 36.9 Å². The average molecular weight is 351 g/mol. The van der Waals surface area contributed by atoms with Crippen LogP contribution in [0.5, 0.6) is 11.8 Å². The van der Waals surface area contributed by atoms with E-state index in [1.807, 2.05) is 0 Å². The zero-order chi connectivity index (χ0) is 18.1. The number of amides is 1. The first-order chi connectivity index (χ1) is 12.1. The van der Waals surface area contributed by atoms with Crippen LogP contribution in [0.1, 0.15) is 45.4 Å². The van der Waals surface area contributed by atoms with E-state index in [2.05, 4.69) is 15.3 Å². The van der Waals surface area contributed by atoms with Gasteiger partial charge in [0.25, 0.3) is 11.8 Å². The fourth-order valence-electron chi connectivity index (χ4n) is 2.76. The van der Waals surface area contributed by atoms with Crippen molar-refractivity contribution in [2.45, 2.75) is 57.6 Å². The summed E-state index contributed by atoms with van der Waals surface area (Å²) < 4.78 is 15.8. The Labute approximate surface area is 147 Å². The van der Waals surface area contributed by atoms with Gasteiger partial charge in [-0.15, -0.1) is 0 Å². The lowest BCUT2D eigenvalue weighted by Crippen LogP contribution is -2.39. The fraction of sp³-hybridized carbons (Fsp3) is 0.647. The quantitative estimate of drug-likeness (QED) is 0.711. The number of carbonyl (C=O) groups is 2. The van der Waals surface area contributed by atoms with E-state index in [0.717, 1.165) is 25.7 Å². The summed E-state index contributed by atoms with van der Waals surface area (Å²) in [4.78, 5) is 31.4. The Hall–Kier alpha value is -2.38. The Morgan fingerprint density at radius 1 is 1.12 bits per heavy atom. The molecule has 0 atom stereocenters. The van der Waals surface area contributed by atoms with Crippen LogP contribution in [-0.4, -0.2) is 47.7 Å². The predicted octanol–water partition coefficient (Wildman–Crippen LogP) is 1.63. The van der Waals surface area contributed by atoms with Crippen LogP contribution in [0.2, 0.25) is 0 Å². The van der Waals surface area contributed by atoms with Crippen LogP contribution in [0, 0.1) is 0 Å². The lowest BCUT2D eigenvalue weighted by atomic mass is 9.93. The molecule has 0 aliphatic heterocycles. The molecule has 0 radical (unpaired) electrons. The van der Waals surface area contributed by atoms with Gasteiger partial charge in [-0.05, 0) is 32.6 Å². The minimum Gasteiger partial charge on any atom is -0.477 e. The zero-order valence-electron chi connectivity index (χ0n) is 14.7. The third-order valence-electron chi connectivity index (χ3n) is 4.01. The maximum Gasteiger partial charge on any atom is 0.306 e. The van der Waals surface area contributed by atoms with Gasteiger partial charge in [-0.3, -0.25) is 9.59 Å². The van der Waals surface area contributed by atoms with E-state index in [1.165, 1.54) is 7.11 Å². The second-order valence-corrected chi connectivity index (χ2v) is 5.83. The molecular formula is C17H25N3O5. The number of methoxy groups -OCH3 is 1. The van der Waals surface area contributed by atoms with E-state index < -0.39 is 0 Å². The summed E-state index contributed by atoms with van der Waals surface area (Å²) in [7, 11) is 1.53. The van der Waals surface area contributed by atoms with Gasteiger partial charge >= 0.3 is 5.97 Å². The molecule has 1 aromatic rings. The number of carbonyl (C=O) groups excluding carboxylic acids is 2. The van der Waals surface area contributed by atoms with E-state index in [9.17, 15) is 9.59 Å². The highest BCUT2D eigenvalue weighted by Gasteiger charge is 2.25. The molecular weight excluding hydrogens is 326 g/mol. The van der Waals surface area contributed by atoms with Gasteiger partial charge in [0.15, 0.2) is 0 Å². The van der Waals surface area contributed by atoms with Crippen LogP contribution in [0.3, 0.4) is 0 Å². The topological polar surface area (TPSA) is 99.6 Å². The second-order valence-electron chi connectivity index (χ2n) is 5.83. The predicted molar refractivity (Wildman–Crippen MR) is 89.3 cm³/mol. The molecule has 8 nitrogen and oxygen atoms in total. The number of aromatic nitrogens is 2. The summed E-state index contributed by atoms with van der Waals surface area (Å²) >= 11 is 0. The number of hydrogen-bond donors (Lipinski definition) is 1. The highest BCUT2D eigenvalue weighted by atomic mass is 16.5. The molecule has 1 heterocycles. The van der Waals surface area contributed by atoms with E-state index >= 15 is 0 Å². The van der Waals surface area contributed by atoms with Gasteiger partial charge in [0.2, 0.25) is 5.91 Å². The summed E-state index contributed by atoms with van der Waals surface area (Å²) in [5.74, 6) is 0.310. The van der Waals surface area contributed by atoms with Crippen LogP contribution < -0.4 is 14.8 Å². The van der Waals surface area contributed by atoms with Crippen molar-refractivity contribution in [2.24, 2.45) is 0 Å². The summed E-state index contributed by atoms with van der Waals surface area (Å²) in [6, 6.07) is 0.110. The first-order valence-electron chi connectivity index (χ1n) is 8.59. The summed E-state index contributed by atoms with van der Waals surface area (Å²) in [5.41, 5.74) is 0. The maximum atomic E-state index is 11.9. The molecule has 0 unspecified atom stereocenters. The van der Waals surface area contributed by atoms with E-state index in [0.29, 0.717) is 18.4 Å². The van der Waals surface area contributed by atoms with Gasteiger partial charge in [0.1, 0.15) is 6.10 Å². The molecule has 2 rings (SSSR count). The molecule has 0 saturated heterocycles. The normalized spacial score (nSPS) is 19.8. The van der Waals surface area contributed by atoms with Crippen LogP contribution in [0.4, 0.5) is 0 Å². The van der Waals surface area contributed by atoms with Gasteiger partial charge < -0.3 is 19.5 Å². The molecule has 138 valence electrons. The van der Waals surface area contributed by atoms with Crippen molar-refractivity contribution in [3.63, 3.8) is 0 Å². The van der Waals surface area contributed by atoms with Crippen LogP contribution in [-0.2, 0) is 14.3 Å². The Kier molecular flexibility index (Phi) is 7.43. The number of esters is 1. The van der Waals surface area contributed by atoms with Crippen molar-refractivity contribution in [1.29, 1.82) is 0 Å². The van der Waals surface area contributed by atoms with Crippen molar-refractivity contribution in [1.82, 2.24) is 15.3 Å². The zero-order valence-corrected chi connectivity index (χ0v) is 14.7. The molecule has 1 aliphatic carbocycles.